The number of nitrogens with zero attached hydrogens (tertiary/aromatic N) is 1. The summed E-state index contributed by atoms with van der Waals surface area (Å²) in [6.07, 6.45) is 2.17. The molecule has 4 N–H and O–H groups in total. The Morgan fingerprint density at radius 1 is 1.45 bits per heavy atom. The number of nitrogens with two attached hydrogens (primary N) is 1. The number of hydrazine groups is 1. The molecule has 2 atom stereocenters. The van der Waals surface area contributed by atoms with E-state index in [9.17, 15) is 4.79 Å². The zero-order valence-electron chi connectivity index (χ0n) is 11.4. The molecule has 2 unspecified atom stereocenters. The third-order valence-electron chi connectivity index (χ3n) is 3.87. The first kappa shape index (κ1) is 12.9. The van der Waals surface area contributed by atoms with E-state index in [2.05, 4.69) is 22.7 Å². The van der Waals surface area contributed by atoms with Gasteiger partial charge in [-0.25, -0.2) is 4.98 Å². The van der Waals surface area contributed by atoms with E-state index in [1.807, 2.05) is 24.3 Å². The summed E-state index contributed by atoms with van der Waals surface area (Å²) in [5.74, 6) is 6.02. The van der Waals surface area contributed by atoms with Gasteiger partial charge in [0.1, 0.15) is 5.69 Å². The quantitative estimate of drug-likeness (QED) is 0.587. The SMILES string of the molecule is CCC1CC1NC(=O)c1cc(NN)c2ccccc2n1. The average molecular weight is 270 g/mol. The van der Waals surface area contributed by atoms with Gasteiger partial charge in [0.2, 0.25) is 0 Å². The van der Waals surface area contributed by atoms with Crippen LogP contribution in [0.15, 0.2) is 30.3 Å². The third kappa shape index (κ3) is 2.32. The first-order valence-corrected chi connectivity index (χ1v) is 6.90. The Morgan fingerprint density at radius 2 is 2.25 bits per heavy atom. The van der Waals surface area contributed by atoms with Crippen molar-refractivity contribution in [3.05, 3.63) is 36.0 Å². The number of pyridine rings is 1. The highest BCUT2D eigenvalue weighted by Crippen LogP contribution is 2.33. The lowest BCUT2D eigenvalue weighted by molar-refractivity contribution is 0.0944. The van der Waals surface area contributed by atoms with Crippen LogP contribution in [-0.4, -0.2) is 16.9 Å². The molecule has 5 heteroatoms. The molecular formula is C15H18N4O. The van der Waals surface area contributed by atoms with E-state index in [1.165, 1.54) is 0 Å². The minimum atomic E-state index is -0.131. The predicted octanol–water partition coefficient (Wildman–Crippen LogP) is 2.05. The molecule has 0 aliphatic heterocycles. The summed E-state index contributed by atoms with van der Waals surface area (Å²) >= 11 is 0. The third-order valence-corrected chi connectivity index (χ3v) is 3.87. The number of carbonyl (C=O) groups is 1. The van der Waals surface area contributed by atoms with Crippen LogP contribution >= 0.6 is 0 Å². The predicted molar refractivity (Wildman–Crippen MR) is 79.2 cm³/mol. The van der Waals surface area contributed by atoms with Crippen molar-refractivity contribution in [2.24, 2.45) is 11.8 Å². The molecule has 1 aliphatic rings. The Balaban J connectivity index is 1.89. The molecule has 5 nitrogen and oxygen atoms in total. The number of aromatic nitrogens is 1. The Labute approximate surface area is 117 Å². The van der Waals surface area contributed by atoms with Crippen LogP contribution < -0.4 is 16.6 Å². The average Bonchev–Trinajstić information content (AvgIpc) is 3.24. The van der Waals surface area contributed by atoms with Crippen molar-refractivity contribution in [1.82, 2.24) is 10.3 Å². The number of nitrogen functional groups attached to an aromatic ring is 1. The zero-order valence-corrected chi connectivity index (χ0v) is 11.4. The zero-order chi connectivity index (χ0) is 14.1. The Kier molecular flexibility index (Phi) is 3.28. The number of benzene rings is 1. The second-order valence-corrected chi connectivity index (χ2v) is 5.20. The van der Waals surface area contributed by atoms with E-state index in [-0.39, 0.29) is 5.91 Å². The number of amides is 1. The van der Waals surface area contributed by atoms with E-state index in [0.29, 0.717) is 23.3 Å². The van der Waals surface area contributed by atoms with Gasteiger partial charge in [-0.1, -0.05) is 31.5 Å². The lowest BCUT2D eigenvalue weighted by atomic mass is 10.1. The van der Waals surface area contributed by atoms with Crippen LogP contribution in [0.4, 0.5) is 5.69 Å². The van der Waals surface area contributed by atoms with Crippen molar-refractivity contribution in [2.45, 2.75) is 25.8 Å². The van der Waals surface area contributed by atoms with Gasteiger partial charge in [-0.05, 0) is 24.5 Å². The van der Waals surface area contributed by atoms with Crippen molar-refractivity contribution < 1.29 is 4.79 Å². The van der Waals surface area contributed by atoms with Crippen LogP contribution in [-0.2, 0) is 0 Å². The van der Waals surface area contributed by atoms with Gasteiger partial charge in [0.05, 0.1) is 11.2 Å². The van der Waals surface area contributed by atoms with Gasteiger partial charge in [0.15, 0.2) is 0 Å². The number of anilines is 1. The normalized spacial score (nSPS) is 20.7. The van der Waals surface area contributed by atoms with E-state index in [4.69, 9.17) is 5.84 Å². The van der Waals surface area contributed by atoms with Crippen molar-refractivity contribution in [3.63, 3.8) is 0 Å². The van der Waals surface area contributed by atoms with Crippen LogP contribution in [0.1, 0.15) is 30.3 Å². The molecule has 1 amide bonds. The first-order valence-electron chi connectivity index (χ1n) is 6.90. The number of rotatable bonds is 4. The number of para-hydroxylation sites is 1. The van der Waals surface area contributed by atoms with Crippen LogP contribution in [0.2, 0.25) is 0 Å². The number of hydrogen-bond acceptors (Lipinski definition) is 4. The fraction of sp³-hybridized carbons (Fsp3) is 0.333. The summed E-state index contributed by atoms with van der Waals surface area (Å²) in [6, 6.07) is 9.61. The summed E-state index contributed by atoms with van der Waals surface area (Å²) in [5, 5.41) is 3.92. The smallest absolute Gasteiger partial charge is 0.270 e. The maximum Gasteiger partial charge on any atom is 0.270 e. The molecule has 1 heterocycles. The minimum Gasteiger partial charge on any atom is -0.348 e. The standard InChI is InChI=1S/C15H18N4O/c1-2-9-7-12(9)18-15(20)14-8-13(19-16)10-5-3-4-6-11(10)17-14/h3-6,8-9,12H,2,7,16H2,1H3,(H,17,19)(H,18,20). The van der Waals surface area contributed by atoms with Crippen LogP contribution in [0.5, 0.6) is 0 Å². The van der Waals surface area contributed by atoms with Gasteiger partial charge in [-0.3, -0.25) is 10.6 Å². The van der Waals surface area contributed by atoms with Gasteiger partial charge < -0.3 is 10.7 Å². The van der Waals surface area contributed by atoms with Crippen LogP contribution in [0, 0.1) is 5.92 Å². The minimum absolute atomic E-state index is 0.131. The van der Waals surface area contributed by atoms with Gasteiger partial charge >= 0.3 is 0 Å². The Hall–Kier alpha value is -2.14. The second kappa shape index (κ2) is 5.09. The molecular weight excluding hydrogens is 252 g/mol. The number of hydrogen-bond donors (Lipinski definition) is 3. The number of fused-ring (bicyclic) bond motifs is 1. The van der Waals surface area contributed by atoms with Crippen molar-refractivity contribution in [1.29, 1.82) is 0 Å². The van der Waals surface area contributed by atoms with Crippen LogP contribution in [0.3, 0.4) is 0 Å². The molecule has 1 aliphatic carbocycles. The van der Waals surface area contributed by atoms with Gasteiger partial charge in [0.25, 0.3) is 5.91 Å². The maximum absolute atomic E-state index is 12.2. The van der Waals surface area contributed by atoms with Crippen molar-refractivity contribution in [2.75, 3.05) is 5.43 Å². The number of carbonyl (C=O) groups excluding carboxylic acids is 1. The summed E-state index contributed by atoms with van der Waals surface area (Å²) in [4.78, 5) is 16.6. The molecule has 1 fully saturated rings. The largest absolute Gasteiger partial charge is 0.348 e. The van der Waals surface area contributed by atoms with Gasteiger partial charge in [-0.15, -0.1) is 0 Å². The molecule has 2 aromatic rings. The highest BCUT2D eigenvalue weighted by Gasteiger charge is 2.36. The highest BCUT2D eigenvalue weighted by molar-refractivity contribution is 5.99. The highest BCUT2D eigenvalue weighted by atomic mass is 16.2. The topological polar surface area (TPSA) is 80.0 Å². The van der Waals surface area contributed by atoms with Crippen LogP contribution in [0.25, 0.3) is 10.9 Å². The van der Waals surface area contributed by atoms with Crippen molar-refractivity contribution in [3.8, 4) is 0 Å². The number of nitrogens with one attached hydrogen (secondary N) is 2. The monoisotopic (exact) mass is 270 g/mol. The summed E-state index contributed by atoms with van der Waals surface area (Å²) in [7, 11) is 0. The molecule has 1 saturated carbocycles. The fourth-order valence-electron chi connectivity index (χ4n) is 2.53. The van der Waals surface area contributed by atoms with E-state index in [0.717, 1.165) is 23.7 Å². The molecule has 1 aromatic heterocycles. The lowest BCUT2D eigenvalue weighted by Gasteiger charge is -2.09. The van der Waals surface area contributed by atoms with Gasteiger partial charge in [0, 0.05) is 11.4 Å². The molecule has 1 aromatic carbocycles. The second-order valence-electron chi connectivity index (χ2n) is 5.20. The maximum atomic E-state index is 12.2. The lowest BCUT2D eigenvalue weighted by Crippen LogP contribution is -2.27. The fourth-order valence-corrected chi connectivity index (χ4v) is 2.53. The first-order chi connectivity index (χ1) is 9.72. The summed E-state index contributed by atoms with van der Waals surface area (Å²) in [5.41, 5.74) is 4.51. The Morgan fingerprint density at radius 3 is 2.95 bits per heavy atom. The molecule has 0 radical (unpaired) electrons. The van der Waals surface area contributed by atoms with Gasteiger partial charge in [-0.2, -0.15) is 0 Å². The molecule has 3 rings (SSSR count). The molecule has 0 spiro atoms. The Bertz CT molecular complexity index is 655. The molecule has 104 valence electrons. The molecule has 20 heavy (non-hydrogen) atoms. The molecule has 0 bridgehead atoms. The van der Waals surface area contributed by atoms with E-state index < -0.39 is 0 Å². The van der Waals surface area contributed by atoms with Crippen molar-refractivity contribution >= 4 is 22.5 Å². The summed E-state index contributed by atoms with van der Waals surface area (Å²) < 4.78 is 0. The summed E-state index contributed by atoms with van der Waals surface area (Å²) in [6.45, 7) is 2.14. The van der Waals surface area contributed by atoms with E-state index in [1.54, 1.807) is 6.07 Å². The molecule has 0 saturated heterocycles. The van der Waals surface area contributed by atoms with E-state index >= 15 is 0 Å².